The lowest BCUT2D eigenvalue weighted by Gasteiger charge is -2.24. The maximum Gasteiger partial charge on any atom is 0.168 e. The van der Waals surface area contributed by atoms with E-state index in [9.17, 15) is 0 Å². The van der Waals surface area contributed by atoms with Crippen LogP contribution in [-0.2, 0) is 6.42 Å². The molecule has 19 heavy (non-hydrogen) atoms. The molecule has 0 saturated carbocycles. The van der Waals surface area contributed by atoms with Gasteiger partial charge in [0.15, 0.2) is 5.11 Å². The summed E-state index contributed by atoms with van der Waals surface area (Å²) in [7, 11) is 2.18. The first-order chi connectivity index (χ1) is 9.25. The molecule has 4 heteroatoms. The fourth-order valence-corrected chi connectivity index (χ4v) is 2.60. The van der Waals surface area contributed by atoms with Gasteiger partial charge in [-0.25, -0.2) is 0 Å². The minimum Gasteiger partial charge on any atom is -0.362 e. The highest BCUT2D eigenvalue weighted by Crippen LogP contribution is 2.02. The van der Waals surface area contributed by atoms with Crippen molar-refractivity contribution in [1.29, 1.82) is 0 Å². The molecule has 1 aliphatic rings. The topological polar surface area (TPSA) is 18.5 Å². The molecule has 0 atom stereocenters. The number of likely N-dealkylation sites (N-methyl/N-ethyl adjacent to an activating group) is 1. The molecule has 1 aromatic rings. The smallest absolute Gasteiger partial charge is 0.168 e. The molecule has 3 nitrogen and oxygen atoms in total. The van der Waals surface area contributed by atoms with Crippen molar-refractivity contribution in [2.24, 2.45) is 0 Å². The summed E-state index contributed by atoms with van der Waals surface area (Å²) in [6, 6.07) is 10.5. The second-order valence-corrected chi connectivity index (χ2v) is 5.50. The second-order valence-electron chi connectivity index (χ2n) is 5.11. The third-order valence-electron chi connectivity index (χ3n) is 3.54. The number of hydrogen-bond donors (Lipinski definition) is 1. The van der Waals surface area contributed by atoms with E-state index in [0.29, 0.717) is 0 Å². The van der Waals surface area contributed by atoms with Crippen molar-refractivity contribution < 1.29 is 0 Å². The Hall–Kier alpha value is -1.13. The molecule has 0 spiro atoms. The van der Waals surface area contributed by atoms with Crippen LogP contribution in [0, 0.1) is 0 Å². The molecule has 2 rings (SSSR count). The summed E-state index contributed by atoms with van der Waals surface area (Å²) in [5.41, 5.74) is 1.35. The van der Waals surface area contributed by atoms with Crippen molar-refractivity contribution in [3.63, 3.8) is 0 Å². The number of rotatable bonds is 3. The van der Waals surface area contributed by atoms with Crippen molar-refractivity contribution in [2.75, 3.05) is 39.8 Å². The standard InChI is InChI=1S/C15H23N3S/c1-17-10-5-11-18(13-12-17)15(19)16-9-8-14-6-3-2-4-7-14/h2-4,6-7H,5,8-13H2,1H3,(H,16,19). The molecule has 0 aliphatic carbocycles. The van der Waals surface area contributed by atoms with Crippen LogP contribution in [0.5, 0.6) is 0 Å². The van der Waals surface area contributed by atoms with Gasteiger partial charge in [0.1, 0.15) is 0 Å². The average molecular weight is 277 g/mol. The zero-order valence-electron chi connectivity index (χ0n) is 11.6. The molecule has 104 valence electrons. The number of benzene rings is 1. The summed E-state index contributed by atoms with van der Waals surface area (Å²) >= 11 is 5.48. The van der Waals surface area contributed by atoms with Crippen LogP contribution in [-0.4, -0.2) is 54.7 Å². The van der Waals surface area contributed by atoms with Crippen molar-refractivity contribution in [2.45, 2.75) is 12.8 Å². The van der Waals surface area contributed by atoms with Gasteiger partial charge in [0.25, 0.3) is 0 Å². The monoisotopic (exact) mass is 277 g/mol. The van der Waals surface area contributed by atoms with Gasteiger partial charge in [-0.1, -0.05) is 30.3 Å². The Balaban J connectivity index is 1.72. The molecular weight excluding hydrogens is 254 g/mol. The van der Waals surface area contributed by atoms with Crippen LogP contribution in [0.15, 0.2) is 30.3 Å². The maximum absolute atomic E-state index is 5.48. The summed E-state index contributed by atoms with van der Waals surface area (Å²) in [6.45, 7) is 5.29. The SMILES string of the molecule is CN1CCCN(C(=S)NCCc2ccccc2)CC1. The van der Waals surface area contributed by atoms with Crippen LogP contribution in [0.3, 0.4) is 0 Å². The Morgan fingerprint density at radius 3 is 2.74 bits per heavy atom. The van der Waals surface area contributed by atoms with Gasteiger partial charge in [0.05, 0.1) is 0 Å². The highest BCUT2D eigenvalue weighted by atomic mass is 32.1. The summed E-state index contributed by atoms with van der Waals surface area (Å²) in [5.74, 6) is 0. The van der Waals surface area contributed by atoms with Crippen molar-refractivity contribution in [3.05, 3.63) is 35.9 Å². The lowest BCUT2D eigenvalue weighted by Crippen LogP contribution is -2.42. The largest absolute Gasteiger partial charge is 0.362 e. The van der Waals surface area contributed by atoms with E-state index in [1.54, 1.807) is 0 Å². The molecule has 1 heterocycles. The van der Waals surface area contributed by atoms with Crippen LogP contribution in [0.4, 0.5) is 0 Å². The molecule has 0 unspecified atom stereocenters. The first-order valence-corrected chi connectivity index (χ1v) is 7.42. The van der Waals surface area contributed by atoms with Crippen LogP contribution < -0.4 is 5.32 Å². The van der Waals surface area contributed by atoms with Crippen LogP contribution in [0.2, 0.25) is 0 Å². The predicted molar refractivity (Wildman–Crippen MR) is 84.4 cm³/mol. The first kappa shape index (κ1) is 14.3. The zero-order valence-corrected chi connectivity index (χ0v) is 12.5. The number of nitrogens with one attached hydrogen (secondary N) is 1. The van der Waals surface area contributed by atoms with E-state index in [0.717, 1.165) is 37.7 Å². The molecule has 1 N–H and O–H groups in total. The lowest BCUT2D eigenvalue weighted by molar-refractivity contribution is 0.345. The van der Waals surface area contributed by atoms with E-state index in [1.807, 2.05) is 0 Å². The second kappa shape index (κ2) is 7.46. The Morgan fingerprint density at radius 2 is 1.95 bits per heavy atom. The molecule has 0 aromatic heterocycles. The first-order valence-electron chi connectivity index (χ1n) is 7.01. The van der Waals surface area contributed by atoms with E-state index in [-0.39, 0.29) is 0 Å². The van der Waals surface area contributed by atoms with Crippen molar-refractivity contribution in [3.8, 4) is 0 Å². The van der Waals surface area contributed by atoms with E-state index in [2.05, 4.69) is 52.5 Å². The Bertz CT molecular complexity index is 394. The van der Waals surface area contributed by atoms with E-state index >= 15 is 0 Å². The minimum atomic E-state index is 0.909. The average Bonchev–Trinajstić information content (AvgIpc) is 2.65. The van der Waals surface area contributed by atoms with Gasteiger partial charge in [-0.05, 0) is 44.2 Å². The molecule has 0 amide bonds. The molecule has 0 bridgehead atoms. The van der Waals surface area contributed by atoms with E-state index < -0.39 is 0 Å². The number of thiocarbonyl (C=S) groups is 1. The van der Waals surface area contributed by atoms with Crippen molar-refractivity contribution in [1.82, 2.24) is 15.1 Å². The number of nitrogens with zero attached hydrogens (tertiary/aromatic N) is 2. The zero-order chi connectivity index (χ0) is 13.5. The summed E-state index contributed by atoms with van der Waals surface area (Å²) in [4.78, 5) is 4.66. The molecule has 1 aliphatic heterocycles. The highest BCUT2D eigenvalue weighted by molar-refractivity contribution is 7.80. The van der Waals surface area contributed by atoms with Gasteiger partial charge in [-0.2, -0.15) is 0 Å². The fourth-order valence-electron chi connectivity index (χ4n) is 2.32. The third-order valence-corrected chi connectivity index (χ3v) is 3.94. The maximum atomic E-state index is 5.48. The minimum absolute atomic E-state index is 0.909. The van der Waals surface area contributed by atoms with Gasteiger partial charge in [-0.15, -0.1) is 0 Å². The molecule has 1 saturated heterocycles. The van der Waals surface area contributed by atoms with E-state index in [4.69, 9.17) is 12.2 Å². The van der Waals surface area contributed by atoms with E-state index in [1.165, 1.54) is 18.5 Å². The molecule has 1 aromatic carbocycles. The van der Waals surface area contributed by atoms with Crippen LogP contribution in [0.1, 0.15) is 12.0 Å². The summed E-state index contributed by atoms with van der Waals surface area (Å²) < 4.78 is 0. The van der Waals surface area contributed by atoms with Gasteiger partial charge in [-0.3, -0.25) is 0 Å². The van der Waals surface area contributed by atoms with Crippen molar-refractivity contribution >= 4 is 17.3 Å². The number of hydrogen-bond acceptors (Lipinski definition) is 2. The van der Waals surface area contributed by atoms with Gasteiger partial charge >= 0.3 is 0 Å². The lowest BCUT2D eigenvalue weighted by atomic mass is 10.1. The summed E-state index contributed by atoms with van der Waals surface area (Å²) in [6.07, 6.45) is 2.21. The van der Waals surface area contributed by atoms with Gasteiger partial charge in [0.2, 0.25) is 0 Å². The van der Waals surface area contributed by atoms with Crippen LogP contribution in [0.25, 0.3) is 0 Å². The van der Waals surface area contributed by atoms with Gasteiger partial charge < -0.3 is 15.1 Å². The predicted octanol–water partition coefficient (Wildman–Crippen LogP) is 1.74. The Morgan fingerprint density at radius 1 is 1.16 bits per heavy atom. The highest BCUT2D eigenvalue weighted by Gasteiger charge is 2.13. The third kappa shape index (κ3) is 4.80. The quantitative estimate of drug-likeness (QED) is 0.848. The molecule has 0 radical (unpaired) electrons. The Labute approximate surface area is 121 Å². The molecule has 1 fully saturated rings. The normalized spacial score (nSPS) is 17.0. The Kier molecular flexibility index (Phi) is 5.61. The summed E-state index contributed by atoms with van der Waals surface area (Å²) in [5, 5.41) is 4.29. The fraction of sp³-hybridized carbons (Fsp3) is 0.533. The molecular formula is C15H23N3S. The van der Waals surface area contributed by atoms with Crippen LogP contribution >= 0.6 is 12.2 Å². The van der Waals surface area contributed by atoms with Gasteiger partial charge in [0, 0.05) is 26.2 Å².